The molecule has 2 heterocycles. The molecule has 0 atom stereocenters. The minimum atomic E-state index is -1.03. The molecule has 5 heteroatoms. The molecule has 0 amide bonds. The van der Waals surface area contributed by atoms with E-state index < -0.39 is 5.97 Å². The Balaban J connectivity index is 2.89. The SMILES string of the molecule is Cc1nc2cscc2c(Cl)c1C(=O)O. The van der Waals surface area contributed by atoms with Crippen LogP contribution in [0.25, 0.3) is 10.9 Å². The van der Waals surface area contributed by atoms with E-state index in [0.29, 0.717) is 11.1 Å². The van der Waals surface area contributed by atoms with Crippen LogP contribution < -0.4 is 0 Å². The number of carbonyl (C=O) groups is 1. The molecule has 0 saturated heterocycles. The van der Waals surface area contributed by atoms with Crippen LogP contribution in [-0.2, 0) is 0 Å². The molecular weight excluding hydrogens is 222 g/mol. The minimum Gasteiger partial charge on any atom is -0.478 e. The maximum atomic E-state index is 10.9. The summed E-state index contributed by atoms with van der Waals surface area (Å²) in [6, 6.07) is 0. The summed E-state index contributed by atoms with van der Waals surface area (Å²) >= 11 is 7.43. The molecule has 72 valence electrons. The number of thiophene rings is 1. The molecule has 14 heavy (non-hydrogen) atoms. The number of carboxylic acids is 1. The normalized spacial score (nSPS) is 10.7. The summed E-state index contributed by atoms with van der Waals surface area (Å²) in [4.78, 5) is 15.0. The van der Waals surface area contributed by atoms with E-state index in [-0.39, 0.29) is 10.6 Å². The van der Waals surface area contributed by atoms with E-state index in [9.17, 15) is 4.79 Å². The first-order valence-corrected chi connectivity index (χ1v) is 5.18. The number of hydrogen-bond acceptors (Lipinski definition) is 3. The fourth-order valence-electron chi connectivity index (χ4n) is 1.32. The van der Waals surface area contributed by atoms with Crippen LogP contribution in [0.1, 0.15) is 16.1 Å². The average Bonchev–Trinajstić information content (AvgIpc) is 2.50. The van der Waals surface area contributed by atoms with Gasteiger partial charge in [0.25, 0.3) is 0 Å². The Morgan fingerprint density at radius 1 is 1.57 bits per heavy atom. The fourth-order valence-corrected chi connectivity index (χ4v) is 2.50. The van der Waals surface area contributed by atoms with Gasteiger partial charge in [-0.2, -0.15) is 0 Å². The molecule has 0 fully saturated rings. The molecule has 0 aliphatic carbocycles. The summed E-state index contributed by atoms with van der Waals surface area (Å²) < 4.78 is 0. The summed E-state index contributed by atoms with van der Waals surface area (Å²) in [5.74, 6) is -1.03. The third-order valence-corrected chi connectivity index (χ3v) is 3.09. The van der Waals surface area contributed by atoms with E-state index in [1.54, 1.807) is 12.3 Å². The van der Waals surface area contributed by atoms with Gasteiger partial charge in [-0.1, -0.05) is 11.6 Å². The molecular formula is C9H6ClNO2S. The molecule has 0 aromatic carbocycles. The van der Waals surface area contributed by atoms with Crippen molar-refractivity contribution in [3.05, 3.63) is 27.0 Å². The van der Waals surface area contributed by atoms with Crippen LogP contribution in [0.4, 0.5) is 0 Å². The molecule has 0 saturated carbocycles. The van der Waals surface area contributed by atoms with E-state index in [1.165, 1.54) is 11.3 Å². The van der Waals surface area contributed by atoms with Gasteiger partial charge in [0.2, 0.25) is 0 Å². The average molecular weight is 228 g/mol. The van der Waals surface area contributed by atoms with Crippen molar-refractivity contribution in [1.29, 1.82) is 0 Å². The lowest BCUT2D eigenvalue weighted by molar-refractivity contribution is 0.0696. The second kappa shape index (κ2) is 3.22. The van der Waals surface area contributed by atoms with Crippen LogP contribution in [0.15, 0.2) is 10.8 Å². The zero-order valence-corrected chi connectivity index (χ0v) is 8.82. The molecule has 2 rings (SSSR count). The van der Waals surface area contributed by atoms with Crippen molar-refractivity contribution < 1.29 is 9.90 Å². The Bertz CT molecular complexity index is 521. The first kappa shape index (κ1) is 9.43. The molecule has 0 bridgehead atoms. The van der Waals surface area contributed by atoms with Crippen molar-refractivity contribution in [2.45, 2.75) is 6.92 Å². The quantitative estimate of drug-likeness (QED) is 0.815. The van der Waals surface area contributed by atoms with Gasteiger partial charge in [0.15, 0.2) is 0 Å². The Morgan fingerprint density at radius 3 is 2.93 bits per heavy atom. The van der Waals surface area contributed by atoms with Crippen molar-refractivity contribution >= 4 is 39.8 Å². The summed E-state index contributed by atoms with van der Waals surface area (Å²) in [6.45, 7) is 1.65. The van der Waals surface area contributed by atoms with Gasteiger partial charge in [0, 0.05) is 16.1 Å². The van der Waals surface area contributed by atoms with Crippen LogP contribution >= 0.6 is 22.9 Å². The number of halogens is 1. The zero-order valence-electron chi connectivity index (χ0n) is 7.24. The molecule has 2 aromatic heterocycles. The maximum Gasteiger partial charge on any atom is 0.339 e. The first-order chi connectivity index (χ1) is 6.61. The van der Waals surface area contributed by atoms with Crippen molar-refractivity contribution in [3.63, 3.8) is 0 Å². The number of pyridine rings is 1. The lowest BCUT2D eigenvalue weighted by Gasteiger charge is -2.03. The van der Waals surface area contributed by atoms with Crippen molar-refractivity contribution in [1.82, 2.24) is 4.98 Å². The second-order valence-corrected chi connectivity index (χ2v) is 3.98. The molecule has 3 nitrogen and oxygen atoms in total. The van der Waals surface area contributed by atoms with E-state index in [2.05, 4.69) is 4.98 Å². The predicted molar refractivity (Wildman–Crippen MR) is 56.3 cm³/mol. The van der Waals surface area contributed by atoms with Gasteiger partial charge in [-0.05, 0) is 6.92 Å². The molecule has 0 aliphatic rings. The van der Waals surface area contributed by atoms with Crippen LogP contribution in [0.3, 0.4) is 0 Å². The Morgan fingerprint density at radius 2 is 2.29 bits per heavy atom. The van der Waals surface area contributed by atoms with Gasteiger partial charge >= 0.3 is 5.97 Å². The standard InChI is InChI=1S/C9H6ClNO2S/c1-4-7(9(12)13)8(10)5-2-14-3-6(5)11-4/h2-3H,1H3,(H,12,13). The third kappa shape index (κ3) is 1.27. The molecule has 1 N–H and O–H groups in total. The Kier molecular flexibility index (Phi) is 2.17. The van der Waals surface area contributed by atoms with Gasteiger partial charge in [-0.15, -0.1) is 11.3 Å². The number of fused-ring (bicyclic) bond motifs is 1. The topological polar surface area (TPSA) is 50.2 Å². The molecule has 0 unspecified atom stereocenters. The minimum absolute atomic E-state index is 0.0950. The first-order valence-electron chi connectivity index (χ1n) is 3.86. The van der Waals surface area contributed by atoms with Gasteiger partial charge in [-0.25, -0.2) is 4.79 Å². The molecule has 0 spiro atoms. The number of rotatable bonds is 1. The molecule has 0 aliphatic heterocycles. The number of carboxylic acid groups (broad SMARTS) is 1. The van der Waals surface area contributed by atoms with Crippen LogP contribution in [0.2, 0.25) is 5.02 Å². The summed E-state index contributed by atoms with van der Waals surface area (Å²) in [7, 11) is 0. The van der Waals surface area contributed by atoms with E-state index in [4.69, 9.17) is 16.7 Å². The summed E-state index contributed by atoms with van der Waals surface area (Å²) in [6.07, 6.45) is 0. The highest BCUT2D eigenvalue weighted by molar-refractivity contribution is 7.09. The maximum absolute atomic E-state index is 10.9. The highest BCUT2D eigenvalue weighted by Crippen LogP contribution is 2.30. The predicted octanol–water partition coefficient (Wildman–Crippen LogP) is 2.96. The number of nitrogens with zero attached hydrogens (tertiary/aromatic N) is 1. The lowest BCUT2D eigenvalue weighted by Crippen LogP contribution is -2.02. The van der Waals surface area contributed by atoms with Crippen molar-refractivity contribution in [3.8, 4) is 0 Å². The Hall–Kier alpha value is -1.13. The molecule has 2 aromatic rings. The number of aromatic nitrogens is 1. The van der Waals surface area contributed by atoms with Crippen molar-refractivity contribution in [2.24, 2.45) is 0 Å². The summed E-state index contributed by atoms with van der Waals surface area (Å²) in [5, 5.41) is 13.6. The highest BCUT2D eigenvalue weighted by Gasteiger charge is 2.16. The fraction of sp³-hybridized carbons (Fsp3) is 0.111. The van der Waals surface area contributed by atoms with E-state index >= 15 is 0 Å². The van der Waals surface area contributed by atoms with Crippen molar-refractivity contribution in [2.75, 3.05) is 0 Å². The van der Waals surface area contributed by atoms with Crippen LogP contribution in [0, 0.1) is 6.92 Å². The monoisotopic (exact) mass is 227 g/mol. The van der Waals surface area contributed by atoms with Gasteiger partial charge < -0.3 is 5.11 Å². The highest BCUT2D eigenvalue weighted by atomic mass is 35.5. The van der Waals surface area contributed by atoms with E-state index in [0.717, 1.165) is 5.52 Å². The van der Waals surface area contributed by atoms with Gasteiger partial charge in [0.1, 0.15) is 0 Å². The van der Waals surface area contributed by atoms with Gasteiger partial charge in [0.05, 0.1) is 21.8 Å². The lowest BCUT2D eigenvalue weighted by atomic mass is 10.1. The third-order valence-electron chi connectivity index (χ3n) is 1.96. The van der Waals surface area contributed by atoms with Crippen LogP contribution in [0.5, 0.6) is 0 Å². The van der Waals surface area contributed by atoms with Gasteiger partial charge in [-0.3, -0.25) is 4.98 Å². The second-order valence-electron chi connectivity index (χ2n) is 2.86. The Labute approximate surface area is 89.0 Å². The van der Waals surface area contributed by atoms with E-state index in [1.807, 2.05) is 5.38 Å². The van der Waals surface area contributed by atoms with Crippen LogP contribution in [-0.4, -0.2) is 16.1 Å². The summed E-state index contributed by atoms with van der Waals surface area (Å²) in [5.41, 5.74) is 1.30. The zero-order chi connectivity index (χ0) is 10.3. The number of aryl methyl sites for hydroxylation is 1. The number of hydrogen-bond donors (Lipinski definition) is 1. The smallest absolute Gasteiger partial charge is 0.339 e. The molecule has 0 radical (unpaired) electrons. The number of aromatic carboxylic acids is 1. The largest absolute Gasteiger partial charge is 0.478 e.